The van der Waals surface area contributed by atoms with Crippen molar-refractivity contribution < 1.29 is 101 Å². The molecule has 1 aromatic heterocycles. The Labute approximate surface area is 407 Å². The molecule has 0 spiro atoms. The summed E-state index contributed by atoms with van der Waals surface area (Å²) in [6, 6.07) is -0.153. The third kappa shape index (κ3) is 14.0. The van der Waals surface area contributed by atoms with Crippen LogP contribution in [0.2, 0.25) is 0 Å². The first-order valence-corrected chi connectivity index (χ1v) is 17.6. The minimum absolute atomic E-state index is 0. The van der Waals surface area contributed by atoms with Crippen LogP contribution < -0.4 is 56.7 Å². The van der Waals surface area contributed by atoms with E-state index in [0.717, 1.165) is 24.5 Å². The number of carbonyl (C=O) groups is 1. The second-order valence-corrected chi connectivity index (χ2v) is 13.5. The predicted molar refractivity (Wildman–Crippen MR) is 210 cm³/mol. The zero-order valence-electron chi connectivity index (χ0n) is 30.8. The number of benzene rings is 2. The van der Waals surface area contributed by atoms with Crippen LogP contribution in [0.5, 0.6) is 0 Å². The number of halogens is 12. The molecule has 0 amide bonds. The van der Waals surface area contributed by atoms with Gasteiger partial charge in [-0.15, -0.1) is 49.6 Å². The first-order valence-electron chi connectivity index (χ1n) is 16.7. The molecule has 7 rings (SSSR count). The van der Waals surface area contributed by atoms with Gasteiger partial charge in [0.2, 0.25) is 0 Å². The molecule has 3 atom stereocenters. The van der Waals surface area contributed by atoms with Gasteiger partial charge in [-0.05, 0) is 25.1 Å². The number of fused-ring (bicyclic) bond motifs is 1. The van der Waals surface area contributed by atoms with E-state index in [4.69, 9.17) is 27.0 Å². The topological polar surface area (TPSA) is 98.5 Å². The van der Waals surface area contributed by atoms with Gasteiger partial charge in [-0.25, -0.2) is 35.1 Å². The van der Waals surface area contributed by atoms with Crippen molar-refractivity contribution in [1.82, 2.24) is 24.7 Å². The Morgan fingerprint density at radius 3 is 1.69 bits per heavy atom. The summed E-state index contributed by atoms with van der Waals surface area (Å²) in [6.45, 7) is 6.42. The van der Waals surface area contributed by atoms with Crippen molar-refractivity contribution in [2.24, 2.45) is 0 Å². The Morgan fingerprint density at radius 1 is 0.793 bits per heavy atom. The molecule has 0 aliphatic carbocycles. The third-order valence-corrected chi connectivity index (χ3v) is 9.94. The number of thiol groups is 1. The monoisotopic (exact) mass is 975 g/mol. The number of thiocyanates is 1. The summed E-state index contributed by atoms with van der Waals surface area (Å²) in [5, 5.41) is 11.5. The van der Waals surface area contributed by atoms with Gasteiger partial charge in [0, 0.05) is 86.6 Å². The summed E-state index contributed by atoms with van der Waals surface area (Å²) < 4.78 is 123. The molecule has 58 heavy (non-hydrogen) atoms. The zero-order chi connectivity index (χ0) is 38.4. The Kier molecular flexibility index (Phi) is 26.5. The normalized spacial score (nSPS) is 19.8. The van der Waals surface area contributed by atoms with Gasteiger partial charge in [-0.3, -0.25) is 14.6 Å². The SMILES string of the molecule is Cl.Cl.Cl.Cl.Fc1cc(F)c(F)c([C@H]2Cc3c(CN4CCOCC4)[nH]c(=S)n3C2)c1F.N#CS.O=C(CN1CCOCC1)C1C[C@H](c2c(F)c(F)cc(F)c2F)CN1.[K+]. The van der Waals surface area contributed by atoms with Crippen molar-refractivity contribution in [3.8, 4) is 5.40 Å². The van der Waals surface area contributed by atoms with Crippen molar-refractivity contribution in [2.75, 3.05) is 65.7 Å². The molecule has 4 aliphatic rings. The van der Waals surface area contributed by atoms with Crippen LogP contribution in [0.1, 0.15) is 40.8 Å². The van der Waals surface area contributed by atoms with E-state index in [-0.39, 0.29) is 151 Å². The van der Waals surface area contributed by atoms with Gasteiger partial charge in [0.05, 0.1) is 44.7 Å². The Bertz CT molecular complexity index is 1870. The number of nitriles is 1. The summed E-state index contributed by atoms with van der Waals surface area (Å²) >= 11 is 8.41. The molecule has 3 fully saturated rings. The van der Waals surface area contributed by atoms with E-state index in [1.807, 2.05) is 4.90 Å². The van der Waals surface area contributed by atoms with Crippen LogP contribution in [0.15, 0.2) is 12.1 Å². The minimum Gasteiger partial charge on any atom is -0.379 e. The number of hydrogen-bond donors (Lipinski definition) is 3. The van der Waals surface area contributed by atoms with Crippen molar-refractivity contribution >= 4 is 80.3 Å². The van der Waals surface area contributed by atoms with Crippen LogP contribution in [-0.2, 0) is 33.8 Å². The molecule has 0 radical (unpaired) electrons. The van der Waals surface area contributed by atoms with Crippen LogP contribution in [0.25, 0.3) is 0 Å². The number of hydrogen-bond acceptors (Lipinski definition) is 9. The van der Waals surface area contributed by atoms with E-state index in [0.29, 0.717) is 50.8 Å². The Hall–Kier alpha value is -0.584. The zero-order valence-corrected chi connectivity index (χ0v) is 38.9. The van der Waals surface area contributed by atoms with Gasteiger partial charge in [-0.1, -0.05) is 12.6 Å². The van der Waals surface area contributed by atoms with Crippen LogP contribution in [0.3, 0.4) is 0 Å². The summed E-state index contributed by atoms with van der Waals surface area (Å²) in [7, 11) is 0. The number of aromatic amines is 1. The summed E-state index contributed by atoms with van der Waals surface area (Å²) in [5.41, 5.74) is 0.534. The molecule has 3 saturated heterocycles. The fourth-order valence-corrected chi connectivity index (χ4v) is 7.30. The first kappa shape index (κ1) is 57.4. The van der Waals surface area contributed by atoms with E-state index in [1.165, 1.54) is 5.40 Å². The van der Waals surface area contributed by atoms with Gasteiger partial charge >= 0.3 is 51.4 Å². The standard InChI is InChI=1S/C17H17F4N3OS.C16H18F4N2O2.CHNS.4ClH.K/c18-10-6-11(19)16(21)14(15(10)20)9-5-13-12(22-17(26)24(13)7-9)8-23-1-3-25-4-2-23;17-10-6-11(18)16(20)14(15(10)19)9-5-12(21-7-9)13(23)8-22-1-3-24-4-2-22;2-1-3;;;;;/h6,9H,1-5,7-8H2,(H,22,26);6,9,12,21H,1-5,7-8H2;3H;4*1H;/q;;;;;;;+1/t9-;9-,12?;;;;;;/m00....../s1. The minimum atomic E-state index is -1.42. The van der Waals surface area contributed by atoms with E-state index < -0.39 is 75.5 Å². The summed E-state index contributed by atoms with van der Waals surface area (Å²) in [5.74, 6) is -12.6. The maximum absolute atomic E-state index is 14.2. The third-order valence-electron chi connectivity index (χ3n) is 9.62. The van der Waals surface area contributed by atoms with Crippen molar-refractivity contribution in [3.63, 3.8) is 0 Å². The van der Waals surface area contributed by atoms with Crippen molar-refractivity contribution in [2.45, 2.75) is 43.8 Å². The van der Waals surface area contributed by atoms with Gasteiger partial charge in [0.1, 0.15) is 5.40 Å². The number of carbonyl (C=O) groups excluding carboxylic acids is 1. The van der Waals surface area contributed by atoms with E-state index >= 15 is 0 Å². The average Bonchev–Trinajstić information content (AvgIpc) is 3.86. The number of nitrogens with zero attached hydrogens (tertiary/aromatic N) is 4. The molecule has 1 unspecified atom stereocenters. The predicted octanol–water partition coefficient (Wildman–Crippen LogP) is 3.95. The van der Waals surface area contributed by atoms with Gasteiger partial charge in [0.15, 0.2) is 57.1 Å². The summed E-state index contributed by atoms with van der Waals surface area (Å²) in [6.07, 6.45) is 0.378. The molecular formula is C34H40Cl4F8KN6O3S2+. The van der Waals surface area contributed by atoms with Crippen LogP contribution in [0.4, 0.5) is 35.1 Å². The molecule has 3 aromatic rings. The largest absolute Gasteiger partial charge is 1.00 e. The molecule has 320 valence electrons. The number of Topliss-reactive ketones (excluding diaryl/α,β-unsaturated/α-hetero) is 1. The number of nitrogens with one attached hydrogen (secondary N) is 2. The molecule has 2 aromatic carbocycles. The molecule has 5 heterocycles. The quantitative estimate of drug-likeness (QED) is 0.0820. The Balaban J connectivity index is 0.000000973. The number of ketones is 1. The molecular weight excluding hydrogens is 937 g/mol. The van der Waals surface area contributed by atoms with E-state index in [9.17, 15) is 39.9 Å². The second kappa shape index (κ2) is 26.8. The van der Waals surface area contributed by atoms with Gasteiger partial charge in [-0.2, -0.15) is 5.26 Å². The number of imidazole rings is 1. The van der Waals surface area contributed by atoms with E-state index in [2.05, 4.69) is 27.8 Å². The fourth-order valence-electron chi connectivity index (χ4n) is 7.00. The fraction of sp³-hybridized carbons (Fsp3) is 0.500. The number of H-pyrrole nitrogens is 1. The van der Waals surface area contributed by atoms with Crippen LogP contribution >= 0.6 is 74.5 Å². The molecule has 24 heteroatoms. The molecule has 2 N–H and O–H groups in total. The molecule has 0 bridgehead atoms. The maximum Gasteiger partial charge on any atom is 1.00 e. The number of rotatable bonds is 7. The molecule has 0 saturated carbocycles. The summed E-state index contributed by atoms with van der Waals surface area (Å²) in [4.78, 5) is 19.6. The number of aromatic nitrogens is 2. The van der Waals surface area contributed by atoms with E-state index in [1.54, 1.807) is 4.57 Å². The van der Waals surface area contributed by atoms with Crippen LogP contribution in [0, 0.1) is 62.0 Å². The molecule has 9 nitrogen and oxygen atoms in total. The number of morpholine rings is 2. The number of ether oxygens (including phenoxy) is 2. The molecule has 4 aliphatic heterocycles. The van der Waals surface area contributed by atoms with Gasteiger partial charge < -0.3 is 24.3 Å². The first-order chi connectivity index (χ1) is 25.3. The maximum atomic E-state index is 14.2. The average molecular weight is 978 g/mol. The Morgan fingerprint density at radius 2 is 1.22 bits per heavy atom. The second-order valence-electron chi connectivity index (χ2n) is 12.9. The van der Waals surface area contributed by atoms with Crippen LogP contribution in [-0.4, -0.2) is 96.9 Å². The van der Waals surface area contributed by atoms with Crippen molar-refractivity contribution in [3.05, 3.63) is 86.0 Å². The smallest absolute Gasteiger partial charge is 0.379 e. The van der Waals surface area contributed by atoms with Crippen molar-refractivity contribution in [1.29, 1.82) is 5.26 Å². The van der Waals surface area contributed by atoms with Gasteiger partial charge in [0.25, 0.3) is 0 Å².